The van der Waals surface area contributed by atoms with E-state index in [-0.39, 0.29) is 18.8 Å². The van der Waals surface area contributed by atoms with Gasteiger partial charge in [0.25, 0.3) is 0 Å². The molecule has 84 valence electrons. The Bertz CT molecular complexity index is 361. The van der Waals surface area contributed by atoms with Gasteiger partial charge in [0.15, 0.2) is 5.78 Å². The number of rotatable bonds is 5. The fourth-order valence-corrected chi connectivity index (χ4v) is 1.77. The molecular weight excluding hydrogens is 216 g/mol. The minimum atomic E-state index is 0.00468. The van der Waals surface area contributed by atoms with Crippen LogP contribution in [0.25, 0.3) is 0 Å². The molecule has 0 spiro atoms. The number of methoxy groups -OCH3 is 1. The van der Waals surface area contributed by atoms with Gasteiger partial charge < -0.3 is 4.74 Å². The summed E-state index contributed by atoms with van der Waals surface area (Å²) in [6, 6.07) is 0. The maximum absolute atomic E-state index is 11.4. The molecule has 0 aliphatic heterocycles. The first-order valence-corrected chi connectivity index (χ1v) is 5.18. The number of nitrogens with zero attached hydrogens (tertiary/aromatic N) is 2. The fraction of sp³-hybridized carbons (Fsp3) is 0.600. The normalized spacial score (nSPS) is 10.7. The Morgan fingerprint density at radius 1 is 1.60 bits per heavy atom. The first-order chi connectivity index (χ1) is 7.10. The van der Waals surface area contributed by atoms with Crippen LogP contribution in [0.1, 0.15) is 18.3 Å². The summed E-state index contributed by atoms with van der Waals surface area (Å²) in [6.07, 6.45) is 1.04. The van der Waals surface area contributed by atoms with Crippen LogP contribution in [0.5, 0.6) is 0 Å². The zero-order chi connectivity index (χ0) is 11.4. The number of halogens is 1. The van der Waals surface area contributed by atoms with Gasteiger partial charge in [0.05, 0.1) is 22.8 Å². The molecule has 0 radical (unpaired) electrons. The third-order valence-electron chi connectivity index (χ3n) is 2.17. The van der Waals surface area contributed by atoms with Crippen LogP contribution < -0.4 is 0 Å². The second-order valence-electron chi connectivity index (χ2n) is 3.33. The second kappa shape index (κ2) is 5.28. The minimum absolute atomic E-state index is 0.00468. The maximum atomic E-state index is 11.4. The molecule has 15 heavy (non-hydrogen) atoms. The van der Waals surface area contributed by atoms with Crippen molar-refractivity contribution in [3.63, 3.8) is 0 Å². The third-order valence-corrected chi connectivity index (χ3v) is 2.61. The number of carbonyl (C=O) groups excluding carboxylic acids is 1. The fourth-order valence-electron chi connectivity index (χ4n) is 1.41. The van der Waals surface area contributed by atoms with Gasteiger partial charge >= 0.3 is 0 Å². The lowest BCUT2D eigenvalue weighted by molar-refractivity contribution is -0.122. The summed E-state index contributed by atoms with van der Waals surface area (Å²) in [6.45, 7) is 2.10. The SMILES string of the molecule is CCc1nn(C)c(CC(=O)COC)c1Cl. The molecule has 0 atom stereocenters. The van der Waals surface area contributed by atoms with Crippen molar-refractivity contribution in [2.24, 2.45) is 7.05 Å². The average molecular weight is 231 g/mol. The Kier molecular flexibility index (Phi) is 4.29. The van der Waals surface area contributed by atoms with E-state index in [1.54, 1.807) is 11.7 Å². The Morgan fingerprint density at radius 2 is 2.27 bits per heavy atom. The van der Waals surface area contributed by atoms with Crippen molar-refractivity contribution >= 4 is 17.4 Å². The quantitative estimate of drug-likeness (QED) is 0.768. The van der Waals surface area contributed by atoms with Gasteiger partial charge in [-0.3, -0.25) is 9.48 Å². The molecule has 1 rings (SSSR count). The van der Waals surface area contributed by atoms with Crippen LogP contribution in [0.3, 0.4) is 0 Å². The number of ether oxygens (including phenoxy) is 1. The van der Waals surface area contributed by atoms with Crippen molar-refractivity contribution < 1.29 is 9.53 Å². The first-order valence-electron chi connectivity index (χ1n) is 4.81. The molecule has 0 fully saturated rings. The smallest absolute Gasteiger partial charge is 0.164 e. The maximum Gasteiger partial charge on any atom is 0.164 e. The van der Waals surface area contributed by atoms with Gasteiger partial charge in [0.1, 0.15) is 6.61 Å². The van der Waals surface area contributed by atoms with E-state index < -0.39 is 0 Å². The van der Waals surface area contributed by atoms with E-state index in [1.807, 2.05) is 6.92 Å². The molecule has 0 amide bonds. The van der Waals surface area contributed by atoms with E-state index in [0.29, 0.717) is 5.02 Å². The summed E-state index contributed by atoms with van der Waals surface area (Å²) in [5, 5.41) is 4.83. The summed E-state index contributed by atoms with van der Waals surface area (Å²) in [4.78, 5) is 11.4. The number of ketones is 1. The zero-order valence-electron chi connectivity index (χ0n) is 9.21. The van der Waals surface area contributed by atoms with Gasteiger partial charge in [-0.05, 0) is 6.42 Å². The molecule has 0 saturated carbocycles. The number of hydrogen-bond acceptors (Lipinski definition) is 3. The lowest BCUT2D eigenvalue weighted by atomic mass is 10.2. The number of hydrogen-bond donors (Lipinski definition) is 0. The minimum Gasteiger partial charge on any atom is -0.377 e. The van der Waals surface area contributed by atoms with Crippen molar-refractivity contribution in [1.82, 2.24) is 9.78 Å². The molecule has 1 aromatic heterocycles. The van der Waals surface area contributed by atoms with E-state index in [0.717, 1.165) is 17.8 Å². The number of aromatic nitrogens is 2. The highest BCUT2D eigenvalue weighted by atomic mass is 35.5. The van der Waals surface area contributed by atoms with Gasteiger partial charge in [-0.25, -0.2) is 0 Å². The Morgan fingerprint density at radius 3 is 2.73 bits per heavy atom. The molecule has 0 unspecified atom stereocenters. The predicted molar refractivity (Wildman–Crippen MR) is 58.2 cm³/mol. The van der Waals surface area contributed by atoms with E-state index in [4.69, 9.17) is 16.3 Å². The van der Waals surface area contributed by atoms with Crippen LogP contribution in [0.2, 0.25) is 5.02 Å². The Hall–Kier alpha value is -0.870. The predicted octanol–water partition coefficient (Wildman–Crippen LogP) is 1.39. The second-order valence-corrected chi connectivity index (χ2v) is 3.71. The van der Waals surface area contributed by atoms with Crippen LogP contribution in [0.15, 0.2) is 0 Å². The Balaban J connectivity index is 2.85. The van der Waals surface area contributed by atoms with Crippen molar-refractivity contribution in [3.05, 3.63) is 16.4 Å². The van der Waals surface area contributed by atoms with Crippen molar-refractivity contribution in [2.75, 3.05) is 13.7 Å². The van der Waals surface area contributed by atoms with Gasteiger partial charge in [0.2, 0.25) is 0 Å². The summed E-state index contributed by atoms with van der Waals surface area (Å²) in [5.74, 6) is 0.00468. The van der Waals surface area contributed by atoms with Gasteiger partial charge in [-0.15, -0.1) is 0 Å². The monoisotopic (exact) mass is 230 g/mol. The first kappa shape index (κ1) is 12.2. The van der Waals surface area contributed by atoms with Gasteiger partial charge in [-0.2, -0.15) is 5.10 Å². The Labute approximate surface area is 94.2 Å². The van der Waals surface area contributed by atoms with Crippen molar-refractivity contribution in [2.45, 2.75) is 19.8 Å². The molecule has 0 saturated heterocycles. The molecular formula is C10H15ClN2O2. The summed E-state index contributed by atoms with van der Waals surface area (Å²) in [5.41, 5.74) is 1.59. The molecule has 5 heteroatoms. The molecule has 1 heterocycles. The summed E-state index contributed by atoms with van der Waals surface area (Å²) in [7, 11) is 3.29. The lowest BCUT2D eigenvalue weighted by Crippen LogP contribution is -2.12. The zero-order valence-corrected chi connectivity index (χ0v) is 9.97. The number of aryl methyl sites for hydroxylation is 2. The van der Waals surface area contributed by atoms with Gasteiger partial charge in [0, 0.05) is 14.2 Å². The van der Waals surface area contributed by atoms with Crippen molar-refractivity contribution in [1.29, 1.82) is 0 Å². The summed E-state index contributed by atoms with van der Waals surface area (Å²) >= 11 is 6.10. The highest BCUT2D eigenvalue weighted by Gasteiger charge is 2.15. The highest BCUT2D eigenvalue weighted by molar-refractivity contribution is 6.32. The van der Waals surface area contributed by atoms with Crippen LogP contribution in [-0.4, -0.2) is 29.3 Å². The molecule has 4 nitrogen and oxygen atoms in total. The molecule has 0 aliphatic carbocycles. The van der Waals surface area contributed by atoms with Crippen LogP contribution >= 0.6 is 11.6 Å². The highest BCUT2D eigenvalue weighted by Crippen LogP contribution is 2.21. The molecule has 0 N–H and O–H groups in total. The molecule has 0 aromatic carbocycles. The van der Waals surface area contributed by atoms with Crippen LogP contribution in [0, 0.1) is 0 Å². The van der Waals surface area contributed by atoms with E-state index in [2.05, 4.69) is 5.10 Å². The number of carbonyl (C=O) groups is 1. The van der Waals surface area contributed by atoms with Gasteiger partial charge in [-0.1, -0.05) is 18.5 Å². The third kappa shape index (κ3) is 2.79. The van der Waals surface area contributed by atoms with Crippen LogP contribution in [-0.2, 0) is 29.4 Å². The largest absolute Gasteiger partial charge is 0.377 e. The average Bonchev–Trinajstić information content (AvgIpc) is 2.45. The standard InChI is InChI=1S/C10H15ClN2O2/c1-4-8-10(11)9(13(2)12-8)5-7(14)6-15-3/h4-6H2,1-3H3. The topological polar surface area (TPSA) is 44.1 Å². The van der Waals surface area contributed by atoms with E-state index >= 15 is 0 Å². The molecule has 0 aliphatic rings. The summed E-state index contributed by atoms with van der Waals surface area (Å²) < 4.78 is 6.43. The molecule has 1 aromatic rings. The lowest BCUT2D eigenvalue weighted by Gasteiger charge is -2.01. The van der Waals surface area contributed by atoms with Crippen molar-refractivity contribution in [3.8, 4) is 0 Å². The van der Waals surface area contributed by atoms with Crippen LogP contribution in [0.4, 0.5) is 0 Å². The molecule has 0 bridgehead atoms. The number of Topliss-reactive ketones (excluding diaryl/α,β-unsaturated/α-hetero) is 1. The van der Waals surface area contributed by atoms with E-state index in [9.17, 15) is 4.79 Å². The van der Waals surface area contributed by atoms with E-state index in [1.165, 1.54) is 7.11 Å².